The molecule has 2 atom stereocenters. The number of nitrogens with one attached hydrogen (secondary N) is 2. The van der Waals surface area contributed by atoms with Gasteiger partial charge in [0.1, 0.15) is 11.9 Å². The third-order valence-corrected chi connectivity index (χ3v) is 4.28. The van der Waals surface area contributed by atoms with Gasteiger partial charge in [-0.25, -0.2) is 4.39 Å². The Labute approximate surface area is 189 Å². The molecule has 0 radical (unpaired) electrons. The Bertz CT molecular complexity index is 731. The number of benzene rings is 2. The first-order valence-corrected chi connectivity index (χ1v) is 9.73. The largest absolute Gasteiger partial charge is 0.386 e. The molecule has 0 bridgehead atoms. The maximum atomic E-state index is 13.7. The van der Waals surface area contributed by atoms with Crippen LogP contribution in [0.2, 0.25) is 0 Å². The number of aliphatic hydroxyl groups excluding tert-OH is 1. The molecule has 2 unspecified atom stereocenters. The number of hydrogen-bond acceptors (Lipinski definition) is 3. The van der Waals surface area contributed by atoms with Gasteiger partial charge in [-0.1, -0.05) is 48.5 Å². The van der Waals surface area contributed by atoms with Gasteiger partial charge in [0.2, 0.25) is 0 Å². The second kappa shape index (κ2) is 14.3. The van der Waals surface area contributed by atoms with Crippen LogP contribution in [0.15, 0.2) is 59.6 Å². The number of ether oxygens (including phenoxy) is 1. The fourth-order valence-electron chi connectivity index (χ4n) is 2.72. The van der Waals surface area contributed by atoms with Gasteiger partial charge < -0.3 is 20.5 Å². The minimum Gasteiger partial charge on any atom is -0.386 e. The quantitative estimate of drug-likeness (QED) is 0.192. The predicted octanol–water partition coefficient (Wildman–Crippen LogP) is 4.20. The molecule has 0 saturated heterocycles. The van der Waals surface area contributed by atoms with E-state index in [0.717, 1.165) is 12.0 Å². The van der Waals surface area contributed by atoms with Crippen molar-refractivity contribution in [3.05, 3.63) is 71.5 Å². The van der Waals surface area contributed by atoms with Gasteiger partial charge in [-0.15, -0.1) is 24.0 Å². The van der Waals surface area contributed by atoms with Crippen LogP contribution in [0.25, 0.3) is 0 Å². The van der Waals surface area contributed by atoms with Gasteiger partial charge in [0.15, 0.2) is 5.96 Å². The molecule has 160 valence electrons. The normalized spacial score (nSPS) is 13.3. The topological polar surface area (TPSA) is 65.9 Å². The molecule has 29 heavy (non-hydrogen) atoms. The molecule has 2 rings (SSSR count). The SMILES string of the molecule is CCNC(=NCC(O)c1ccccc1F)NCCCOC(C)c1ccccc1.I. The van der Waals surface area contributed by atoms with Crippen molar-refractivity contribution in [1.29, 1.82) is 0 Å². The standard InChI is InChI=1S/C22H30FN3O2.HI/c1-3-24-22(26-16-21(27)19-12-7-8-13-20(19)23)25-14-9-15-28-17(2)18-10-5-4-6-11-18;/h4-8,10-13,17,21,27H,3,9,14-16H2,1-2H3,(H2,24,25,26);1H. The Morgan fingerprint density at radius 1 is 1.10 bits per heavy atom. The first kappa shape index (κ1) is 25.3. The Morgan fingerprint density at radius 2 is 1.79 bits per heavy atom. The molecule has 0 aliphatic heterocycles. The van der Waals surface area contributed by atoms with Gasteiger partial charge in [-0.05, 0) is 31.9 Å². The maximum absolute atomic E-state index is 13.7. The first-order chi connectivity index (χ1) is 13.6. The summed E-state index contributed by atoms with van der Waals surface area (Å²) in [7, 11) is 0. The molecular weight excluding hydrogens is 484 g/mol. The highest BCUT2D eigenvalue weighted by molar-refractivity contribution is 14.0. The molecule has 3 N–H and O–H groups in total. The molecule has 0 heterocycles. The third kappa shape index (κ3) is 9.10. The van der Waals surface area contributed by atoms with Crippen LogP contribution in [0.3, 0.4) is 0 Å². The second-order valence-electron chi connectivity index (χ2n) is 6.46. The number of rotatable bonds is 10. The molecule has 0 aliphatic rings. The van der Waals surface area contributed by atoms with E-state index in [1.54, 1.807) is 18.2 Å². The Balaban J connectivity index is 0.00000420. The van der Waals surface area contributed by atoms with Crippen LogP contribution < -0.4 is 10.6 Å². The van der Waals surface area contributed by atoms with Crippen LogP contribution in [-0.4, -0.2) is 37.3 Å². The number of hydrogen-bond donors (Lipinski definition) is 3. The van der Waals surface area contributed by atoms with Gasteiger partial charge in [-0.2, -0.15) is 0 Å². The summed E-state index contributed by atoms with van der Waals surface area (Å²) in [6.07, 6.45) is -0.108. The van der Waals surface area contributed by atoms with Crippen molar-refractivity contribution >= 4 is 29.9 Å². The van der Waals surface area contributed by atoms with Crippen molar-refractivity contribution in [1.82, 2.24) is 10.6 Å². The van der Waals surface area contributed by atoms with E-state index >= 15 is 0 Å². The monoisotopic (exact) mass is 515 g/mol. The molecule has 2 aromatic carbocycles. The van der Waals surface area contributed by atoms with Crippen LogP contribution in [-0.2, 0) is 4.74 Å². The van der Waals surface area contributed by atoms with Crippen molar-refractivity contribution in [2.24, 2.45) is 4.99 Å². The predicted molar refractivity (Wildman–Crippen MR) is 126 cm³/mol. The zero-order valence-electron chi connectivity index (χ0n) is 17.0. The average Bonchev–Trinajstić information content (AvgIpc) is 2.72. The van der Waals surface area contributed by atoms with E-state index < -0.39 is 11.9 Å². The van der Waals surface area contributed by atoms with Crippen LogP contribution in [0.5, 0.6) is 0 Å². The number of aliphatic imine (C=N–C) groups is 1. The maximum Gasteiger partial charge on any atom is 0.191 e. The third-order valence-electron chi connectivity index (χ3n) is 4.28. The van der Waals surface area contributed by atoms with E-state index in [1.165, 1.54) is 6.07 Å². The van der Waals surface area contributed by atoms with Gasteiger partial charge in [-0.3, -0.25) is 4.99 Å². The first-order valence-electron chi connectivity index (χ1n) is 9.73. The molecule has 2 aromatic rings. The second-order valence-corrected chi connectivity index (χ2v) is 6.46. The molecule has 0 aliphatic carbocycles. The van der Waals surface area contributed by atoms with Crippen LogP contribution in [0.4, 0.5) is 4.39 Å². The number of aliphatic hydroxyl groups is 1. The van der Waals surface area contributed by atoms with Crippen molar-refractivity contribution < 1.29 is 14.2 Å². The lowest BCUT2D eigenvalue weighted by atomic mass is 10.1. The van der Waals surface area contributed by atoms with E-state index in [9.17, 15) is 9.50 Å². The van der Waals surface area contributed by atoms with Crippen LogP contribution in [0, 0.1) is 5.82 Å². The summed E-state index contributed by atoms with van der Waals surface area (Å²) in [5, 5.41) is 16.5. The number of nitrogens with zero attached hydrogens (tertiary/aromatic N) is 1. The van der Waals surface area contributed by atoms with Crippen LogP contribution in [0.1, 0.15) is 43.6 Å². The smallest absolute Gasteiger partial charge is 0.191 e. The summed E-state index contributed by atoms with van der Waals surface area (Å²) in [5.41, 5.74) is 1.41. The summed E-state index contributed by atoms with van der Waals surface area (Å²) < 4.78 is 19.6. The minimum atomic E-state index is -0.980. The number of halogens is 2. The van der Waals surface area contributed by atoms with E-state index in [1.807, 2.05) is 32.0 Å². The molecular formula is C22H31FIN3O2. The molecule has 5 nitrogen and oxygen atoms in total. The van der Waals surface area contributed by atoms with Crippen molar-refractivity contribution in [3.63, 3.8) is 0 Å². The van der Waals surface area contributed by atoms with Crippen molar-refractivity contribution in [2.45, 2.75) is 32.5 Å². The minimum absolute atomic E-state index is 0. The van der Waals surface area contributed by atoms with E-state index in [0.29, 0.717) is 25.7 Å². The molecule has 0 amide bonds. The Kier molecular flexibility index (Phi) is 12.5. The zero-order chi connectivity index (χ0) is 20.2. The molecule has 0 saturated carbocycles. The lowest BCUT2D eigenvalue weighted by molar-refractivity contribution is 0.0646. The van der Waals surface area contributed by atoms with Gasteiger partial charge >= 0.3 is 0 Å². The Hall–Kier alpha value is -1.71. The van der Waals surface area contributed by atoms with E-state index in [-0.39, 0.29) is 42.2 Å². The van der Waals surface area contributed by atoms with Gasteiger partial charge in [0.25, 0.3) is 0 Å². The summed E-state index contributed by atoms with van der Waals surface area (Å²) in [4.78, 5) is 4.35. The van der Waals surface area contributed by atoms with Crippen LogP contribution >= 0.6 is 24.0 Å². The van der Waals surface area contributed by atoms with Gasteiger partial charge in [0.05, 0.1) is 12.6 Å². The lowest BCUT2D eigenvalue weighted by Crippen LogP contribution is -2.38. The molecule has 7 heteroatoms. The van der Waals surface area contributed by atoms with Crippen molar-refractivity contribution in [3.8, 4) is 0 Å². The summed E-state index contributed by atoms with van der Waals surface area (Å²) in [5.74, 6) is 0.168. The zero-order valence-corrected chi connectivity index (χ0v) is 19.3. The fraction of sp³-hybridized carbons (Fsp3) is 0.409. The van der Waals surface area contributed by atoms with Crippen molar-refractivity contribution in [2.75, 3.05) is 26.2 Å². The number of guanidine groups is 1. The highest BCUT2D eigenvalue weighted by Crippen LogP contribution is 2.17. The lowest BCUT2D eigenvalue weighted by Gasteiger charge is -2.15. The van der Waals surface area contributed by atoms with E-state index in [2.05, 4.69) is 27.8 Å². The molecule has 0 aromatic heterocycles. The summed E-state index contributed by atoms with van der Waals surface area (Å²) in [6.45, 7) is 6.10. The fourth-order valence-corrected chi connectivity index (χ4v) is 2.72. The summed E-state index contributed by atoms with van der Waals surface area (Å²) in [6, 6.07) is 16.3. The Morgan fingerprint density at radius 3 is 2.48 bits per heavy atom. The van der Waals surface area contributed by atoms with Gasteiger partial charge in [0, 0.05) is 25.3 Å². The highest BCUT2D eigenvalue weighted by Gasteiger charge is 2.12. The molecule has 0 spiro atoms. The average molecular weight is 515 g/mol. The highest BCUT2D eigenvalue weighted by atomic mass is 127. The molecule has 0 fully saturated rings. The summed E-state index contributed by atoms with van der Waals surface area (Å²) >= 11 is 0. The van der Waals surface area contributed by atoms with E-state index in [4.69, 9.17) is 4.74 Å².